The van der Waals surface area contributed by atoms with Gasteiger partial charge in [0.2, 0.25) is 5.91 Å². The van der Waals surface area contributed by atoms with Crippen molar-refractivity contribution in [2.75, 3.05) is 5.32 Å². The smallest absolute Gasteiger partial charge is 0.251 e. The van der Waals surface area contributed by atoms with Crippen LogP contribution in [0.15, 0.2) is 24.3 Å². The molecule has 21 heavy (non-hydrogen) atoms. The van der Waals surface area contributed by atoms with Crippen molar-refractivity contribution in [3.05, 3.63) is 29.8 Å². The lowest BCUT2D eigenvalue weighted by atomic mass is 9.96. The highest BCUT2D eigenvalue weighted by molar-refractivity contribution is 5.99. The Balaban J connectivity index is 1.61. The molecule has 112 valence electrons. The SMILES string of the molecule is CC(N)(C(=O)Nc1ccc(C(=O)NC2CC2)cc1)C1CC1. The maximum absolute atomic E-state index is 12.2. The first-order valence-corrected chi connectivity index (χ1v) is 7.48. The van der Waals surface area contributed by atoms with E-state index in [4.69, 9.17) is 5.73 Å². The molecule has 2 aliphatic rings. The molecule has 0 aliphatic heterocycles. The highest BCUT2D eigenvalue weighted by atomic mass is 16.2. The molecule has 0 saturated heterocycles. The van der Waals surface area contributed by atoms with Crippen LogP contribution in [0.25, 0.3) is 0 Å². The Morgan fingerprint density at radius 1 is 1.14 bits per heavy atom. The van der Waals surface area contributed by atoms with Crippen LogP contribution in [0.3, 0.4) is 0 Å². The topological polar surface area (TPSA) is 84.2 Å². The highest BCUT2D eigenvalue weighted by Gasteiger charge is 2.44. The lowest BCUT2D eigenvalue weighted by molar-refractivity contribution is -0.121. The largest absolute Gasteiger partial charge is 0.349 e. The van der Waals surface area contributed by atoms with Crippen LogP contribution >= 0.6 is 0 Å². The summed E-state index contributed by atoms with van der Waals surface area (Å²) in [5, 5.41) is 5.76. The van der Waals surface area contributed by atoms with Crippen molar-refractivity contribution in [1.29, 1.82) is 0 Å². The van der Waals surface area contributed by atoms with Gasteiger partial charge < -0.3 is 16.4 Å². The Kier molecular flexibility index (Phi) is 3.45. The van der Waals surface area contributed by atoms with Crippen LogP contribution in [-0.4, -0.2) is 23.4 Å². The van der Waals surface area contributed by atoms with Gasteiger partial charge in [0.15, 0.2) is 0 Å². The summed E-state index contributed by atoms with van der Waals surface area (Å²) >= 11 is 0. The van der Waals surface area contributed by atoms with Gasteiger partial charge in [0.25, 0.3) is 5.91 Å². The van der Waals surface area contributed by atoms with Gasteiger partial charge >= 0.3 is 0 Å². The van der Waals surface area contributed by atoms with Gasteiger partial charge in [0, 0.05) is 17.3 Å². The number of hydrogen-bond donors (Lipinski definition) is 3. The molecule has 1 aromatic carbocycles. The average molecular weight is 287 g/mol. The van der Waals surface area contributed by atoms with Gasteiger partial charge in [0.05, 0.1) is 5.54 Å². The first-order valence-electron chi connectivity index (χ1n) is 7.48. The Bertz CT molecular complexity index is 557. The maximum atomic E-state index is 12.2. The van der Waals surface area contributed by atoms with E-state index >= 15 is 0 Å². The van der Waals surface area contributed by atoms with Crippen LogP contribution in [0.4, 0.5) is 5.69 Å². The molecule has 1 unspecified atom stereocenters. The molecule has 2 fully saturated rings. The fourth-order valence-corrected chi connectivity index (χ4v) is 2.34. The van der Waals surface area contributed by atoms with Gasteiger partial charge in [-0.3, -0.25) is 9.59 Å². The van der Waals surface area contributed by atoms with Crippen molar-refractivity contribution in [3.8, 4) is 0 Å². The van der Waals surface area contributed by atoms with Crippen molar-refractivity contribution >= 4 is 17.5 Å². The summed E-state index contributed by atoms with van der Waals surface area (Å²) in [7, 11) is 0. The highest BCUT2D eigenvalue weighted by Crippen LogP contribution is 2.38. The quantitative estimate of drug-likeness (QED) is 0.770. The number of amides is 2. The second-order valence-corrected chi connectivity index (χ2v) is 6.34. The zero-order valence-electron chi connectivity index (χ0n) is 12.2. The molecule has 1 atom stereocenters. The number of benzene rings is 1. The molecule has 0 aromatic heterocycles. The third-order valence-corrected chi connectivity index (χ3v) is 4.23. The average Bonchev–Trinajstić information content (AvgIpc) is 3.32. The molecular formula is C16H21N3O2. The zero-order chi connectivity index (χ0) is 15.0. The second kappa shape index (κ2) is 5.15. The maximum Gasteiger partial charge on any atom is 0.251 e. The minimum Gasteiger partial charge on any atom is -0.349 e. The monoisotopic (exact) mass is 287 g/mol. The second-order valence-electron chi connectivity index (χ2n) is 6.34. The van der Waals surface area contributed by atoms with Crippen molar-refractivity contribution in [3.63, 3.8) is 0 Å². The Labute approximate surface area is 124 Å². The van der Waals surface area contributed by atoms with Gasteiger partial charge in [-0.05, 0) is 62.8 Å². The Hall–Kier alpha value is -1.88. The first-order chi connectivity index (χ1) is 9.96. The predicted molar refractivity (Wildman–Crippen MR) is 80.9 cm³/mol. The van der Waals surface area contributed by atoms with Crippen LogP contribution in [-0.2, 0) is 4.79 Å². The molecule has 3 rings (SSSR count). The fraction of sp³-hybridized carbons (Fsp3) is 0.500. The van der Waals surface area contributed by atoms with Gasteiger partial charge in [-0.1, -0.05) is 0 Å². The van der Waals surface area contributed by atoms with Gasteiger partial charge in [-0.2, -0.15) is 0 Å². The summed E-state index contributed by atoms with van der Waals surface area (Å²) < 4.78 is 0. The fourth-order valence-electron chi connectivity index (χ4n) is 2.34. The molecule has 4 N–H and O–H groups in total. The van der Waals surface area contributed by atoms with Crippen molar-refractivity contribution in [1.82, 2.24) is 5.32 Å². The minimum absolute atomic E-state index is 0.0583. The Morgan fingerprint density at radius 3 is 2.29 bits per heavy atom. The number of anilines is 1. The molecule has 0 heterocycles. The molecule has 2 aliphatic carbocycles. The molecule has 2 saturated carbocycles. The molecule has 0 spiro atoms. The predicted octanol–water partition coefficient (Wildman–Crippen LogP) is 1.64. The molecule has 0 radical (unpaired) electrons. The van der Waals surface area contributed by atoms with Gasteiger partial charge in [0.1, 0.15) is 0 Å². The van der Waals surface area contributed by atoms with E-state index in [1.165, 1.54) is 0 Å². The normalized spacial score (nSPS) is 20.5. The molecule has 0 bridgehead atoms. The third kappa shape index (κ3) is 3.24. The van der Waals surface area contributed by atoms with Crippen LogP contribution in [0.5, 0.6) is 0 Å². The summed E-state index contributed by atoms with van der Waals surface area (Å²) in [5.74, 6) is 0.0540. The molecule has 2 amide bonds. The van der Waals surface area contributed by atoms with E-state index in [2.05, 4.69) is 10.6 Å². The van der Waals surface area contributed by atoms with E-state index in [0.717, 1.165) is 25.7 Å². The number of carbonyl (C=O) groups excluding carboxylic acids is 2. The van der Waals surface area contributed by atoms with Crippen LogP contribution in [0.2, 0.25) is 0 Å². The Morgan fingerprint density at radius 2 is 1.76 bits per heavy atom. The number of hydrogen-bond acceptors (Lipinski definition) is 3. The van der Waals surface area contributed by atoms with E-state index in [1.54, 1.807) is 31.2 Å². The standard InChI is InChI=1S/C16H21N3O2/c1-16(17,11-4-5-11)15(21)19-13-6-2-10(3-7-13)14(20)18-12-8-9-12/h2-3,6-7,11-12H,4-5,8-9,17H2,1H3,(H,18,20)(H,19,21). The third-order valence-electron chi connectivity index (χ3n) is 4.23. The van der Waals surface area contributed by atoms with E-state index in [9.17, 15) is 9.59 Å². The van der Waals surface area contributed by atoms with Gasteiger partial charge in [-0.25, -0.2) is 0 Å². The molecular weight excluding hydrogens is 266 g/mol. The first kappa shape index (κ1) is 14.1. The summed E-state index contributed by atoms with van der Waals surface area (Å²) in [6, 6.07) is 7.26. The minimum atomic E-state index is -0.817. The summed E-state index contributed by atoms with van der Waals surface area (Å²) in [5.41, 5.74) is 6.54. The summed E-state index contributed by atoms with van der Waals surface area (Å²) in [4.78, 5) is 24.0. The molecule has 1 aromatic rings. The summed E-state index contributed by atoms with van der Waals surface area (Å²) in [6.45, 7) is 1.78. The van der Waals surface area contributed by atoms with Crippen molar-refractivity contribution < 1.29 is 9.59 Å². The number of nitrogens with one attached hydrogen (secondary N) is 2. The van der Waals surface area contributed by atoms with Crippen LogP contribution in [0, 0.1) is 5.92 Å². The van der Waals surface area contributed by atoms with E-state index in [-0.39, 0.29) is 17.7 Å². The molecule has 5 heteroatoms. The van der Waals surface area contributed by atoms with E-state index < -0.39 is 5.54 Å². The number of rotatable bonds is 5. The van der Waals surface area contributed by atoms with E-state index in [0.29, 0.717) is 17.3 Å². The lowest BCUT2D eigenvalue weighted by Gasteiger charge is -2.23. The lowest BCUT2D eigenvalue weighted by Crippen LogP contribution is -2.50. The van der Waals surface area contributed by atoms with Crippen molar-refractivity contribution in [2.24, 2.45) is 11.7 Å². The zero-order valence-corrected chi connectivity index (χ0v) is 12.2. The van der Waals surface area contributed by atoms with Crippen LogP contribution < -0.4 is 16.4 Å². The molecule has 5 nitrogen and oxygen atoms in total. The van der Waals surface area contributed by atoms with Crippen LogP contribution in [0.1, 0.15) is 43.0 Å². The number of carbonyl (C=O) groups is 2. The van der Waals surface area contributed by atoms with Crippen molar-refractivity contribution in [2.45, 2.75) is 44.2 Å². The van der Waals surface area contributed by atoms with Gasteiger partial charge in [-0.15, -0.1) is 0 Å². The van der Waals surface area contributed by atoms with E-state index in [1.807, 2.05) is 0 Å². The summed E-state index contributed by atoms with van der Waals surface area (Å²) in [6.07, 6.45) is 4.16. The number of nitrogens with two attached hydrogens (primary N) is 1.